The third-order valence-electron chi connectivity index (χ3n) is 5.12. The molecule has 24 heavy (non-hydrogen) atoms. The Morgan fingerprint density at radius 3 is 2.42 bits per heavy atom. The lowest BCUT2D eigenvalue weighted by atomic mass is 10.2. The van der Waals surface area contributed by atoms with Gasteiger partial charge >= 0.3 is 6.03 Å². The molecule has 3 aliphatic heterocycles. The number of nitrogens with one attached hydrogen (secondary N) is 1. The number of anilines is 1. The largest absolute Gasteiger partial charge is 0.334 e. The average Bonchev–Trinajstić information content (AvgIpc) is 3.36. The Morgan fingerprint density at radius 2 is 1.83 bits per heavy atom. The number of hydrogen-bond donors (Lipinski definition) is 2. The third kappa shape index (κ3) is 2.44. The molecule has 0 saturated carbocycles. The zero-order valence-corrected chi connectivity index (χ0v) is 13.3. The van der Waals surface area contributed by atoms with E-state index in [4.69, 9.17) is 5.21 Å². The molecule has 128 valence electrons. The summed E-state index contributed by atoms with van der Waals surface area (Å²) in [5, 5.41) is 8.62. The van der Waals surface area contributed by atoms with Crippen LogP contribution in [0, 0.1) is 0 Å². The molecule has 9 nitrogen and oxygen atoms in total. The van der Waals surface area contributed by atoms with Gasteiger partial charge in [-0.1, -0.05) is 0 Å². The van der Waals surface area contributed by atoms with Crippen LogP contribution >= 0.6 is 0 Å². The zero-order chi connectivity index (χ0) is 16.7. The number of carbonyl (C=O) groups excluding carboxylic acids is 2. The van der Waals surface area contributed by atoms with Crippen molar-refractivity contribution in [3.63, 3.8) is 0 Å². The summed E-state index contributed by atoms with van der Waals surface area (Å²) >= 11 is 0. The highest BCUT2D eigenvalue weighted by molar-refractivity contribution is 5.92. The molecule has 4 rings (SSSR count). The molecule has 3 saturated heterocycles. The van der Waals surface area contributed by atoms with E-state index >= 15 is 0 Å². The van der Waals surface area contributed by atoms with Crippen LogP contribution in [-0.4, -0.2) is 75.2 Å². The first kappa shape index (κ1) is 15.1. The number of rotatable bonds is 2. The predicted octanol–water partition coefficient (Wildman–Crippen LogP) is 0.0743. The second-order valence-electron chi connectivity index (χ2n) is 6.54. The van der Waals surface area contributed by atoms with Crippen molar-refractivity contribution in [3.05, 3.63) is 18.0 Å². The fourth-order valence-electron chi connectivity index (χ4n) is 3.89. The fourth-order valence-corrected chi connectivity index (χ4v) is 3.89. The zero-order valence-electron chi connectivity index (χ0n) is 13.3. The standard InChI is InChI=1S/C15H20N6O3/c22-13(18-24)10-6-16-14(17-7-10)20-8-12-5-11(20)9-21(12)15(23)19-3-1-2-4-19/h6-7,11-12,24H,1-5,8-9H2,(H,18,22)/t11-,12-/m0/s1. The van der Waals surface area contributed by atoms with Crippen LogP contribution in [0.25, 0.3) is 0 Å². The van der Waals surface area contributed by atoms with Gasteiger partial charge in [0.05, 0.1) is 17.6 Å². The fraction of sp³-hybridized carbons (Fsp3) is 0.600. The van der Waals surface area contributed by atoms with Crippen molar-refractivity contribution in [2.75, 3.05) is 31.1 Å². The van der Waals surface area contributed by atoms with E-state index in [1.165, 1.54) is 12.4 Å². The molecule has 0 unspecified atom stereocenters. The first-order valence-electron chi connectivity index (χ1n) is 8.26. The van der Waals surface area contributed by atoms with E-state index in [0.717, 1.165) is 38.9 Å². The van der Waals surface area contributed by atoms with Gasteiger partial charge in [0.2, 0.25) is 5.95 Å². The van der Waals surface area contributed by atoms with E-state index in [9.17, 15) is 9.59 Å². The minimum atomic E-state index is -0.633. The molecular weight excluding hydrogens is 312 g/mol. The lowest BCUT2D eigenvalue weighted by molar-refractivity contribution is 0.0705. The molecule has 3 amide bonds. The summed E-state index contributed by atoms with van der Waals surface area (Å²) in [6.45, 7) is 3.15. The van der Waals surface area contributed by atoms with Crippen molar-refractivity contribution in [3.8, 4) is 0 Å². The number of hydrogen-bond acceptors (Lipinski definition) is 6. The average molecular weight is 332 g/mol. The Labute approximate surface area is 139 Å². The molecule has 3 fully saturated rings. The monoisotopic (exact) mass is 332 g/mol. The number of nitrogens with zero attached hydrogens (tertiary/aromatic N) is 5. The van der Waals surface area contributed by atoms with Crippen LogP contribution in [0.15, 0.2) is 12.4 Å². The van der Waals surface area contributed by atoms with E-state index in [1.807, 2.05) is 9.80 Å². The normalized spacial score (nSPS) is 25.5. The molecule has 4 heterocycles. The van der Waals surface area contributed by atoms with Crippen molar-refractivity contribution in [2.45, 2.75) is 31.3 Å². The second kappa shape index (κ2) is 5.90. The van der Waals surface area contributed by atoms with Crippen molar-refractivity contribution in [1.82, 2.24) is 25.2 Å². The van der Waals surface area contributed by atoms with Gasteiger partial charge < -0.3 is 14.7 Å². The Morgan fingerprint density at radius 1 is 1.12 bits per heavy atom. The van der Waals surface area contributed by atoms with Gasteiger partial charge in [0.15, 0.2) is 0 Å². The summed E-state index contributed by atoms with van der Waals surface area (Å²) in [5.41, 5.74) is 1.77. The van der Waals surface area contributed by atoms with Gasteiger partial charge in [-0.25, -0.2) is 20.2 Å². The smallest absolute Gasteiger partial charge is 0.320 e. The minimum absolute atomic E-state index is 0.163. The van der Waals surface area contributed by atoms with Gasteiger partial charge in [0.25, 0.3) is 5.91 Å². The van der Waals surface area contributed by atoms with Crippen molar-refractivity contribution in [2.24, 2.45) is 0 Å². The number of fused-ring (bicyclic) bond motifs is 2. The third-order valence-corrected chi connectivity index (χ3v) is 5.12. The van der Waals surface area contributed by atoms with Crippen LogP contribution < -0.4 is 10.4 Å². The van der Waals surface area contributed by atoms with Crippen LogP contribution in [0.5, 0.6) is 0 Å². The molecule has 2 atom stereocenters. The molecule has 3 aliphatic rings. The Bertz CT molecular complexity index is 645. The van der Waals surface area contributed by atoms with Crippen molar-refractivity contribution in [1.29, 1.82) is 0 Å². The van der Waals surface area contributed by atoms with Gasteiger partial charge in [0, 0.05) is 38.6 Å². The van der Waals surface area contributed by atoms with Crippen LogP contribution in [-0.2, 0) is 0 Å². The highest BCUT2D eigenvalue weighted by Gasteiger charge is 2.47. The summed E-state index contributed by atoms with van der Waals surface area (Å²) in [5.74, 6) is -0.0721. The van der Waals surface area contributed by atoms with Crippen LogP contribution in [0.3, 0.4) is 0 Å². The van der Waals surface area contributed by atoms with Crippen LogP contribution in [0.4, 0.5) is 10.7 Å². The number of likely N-dealkylation sites (tertiary alicyclic amines) is 2. The van der Waals surface area contributed by atoms with E-state index in [1.54, 1.807) is 5.48 Å². The second-order valence-corrected chi connectivity index (χ2v) is 6.54. The topological polar surface area (TPSA) is 102 Å². The summed E-state index contributed by atoms with van der Waals surface area (Å²) in [4.78, 5) is 38.4. The number of aromatic nitrogens is 2. The number of amides is 3. The maximum absolute atomic E-state index is 12.6. The Kier molecular flexibility index (Phi) is 3.72. The molecule has 0 aromatic carbocycles. The van der Waals surface area contributed by atoms with E-state index in [-0.39, 0.29) is 23.7 Å². The van der Waals surface area contributed by atoms with Crippen molar-refractivity contribution >= 4 is 17.9 Å². The number of urea groups is 1. The molecule has 2 N–H and O–H groups in total. The lowest BCUT2D eigenvalue weighted by Crippen LogP contribution is -2.52. The molecule has 1 aromatic heterocycles. The summed E-state index contributed by atoms with van der Waals surface area (Å²) < 4.78 is 0. The number of carbonyl (C=O) groups is 2. The van der Waals surface area contributed by atoms with E-state index < -0.39 is 5.91 Å². The molecule has 0 spiro atoms. The summed E-state index contributed by atoms with van der Waals surface area (Å²) in [6.07, 6.45) is 5.92. The molecule has 0 radical (unpaired) electrons. The number of hydroxylamine groups is 1. The van der Waals surface area contributed by atoms with E-state index in [2.05, 4.69) is 14.9 Å². The van der Waals surface area contributed by atoms with Gasteiger partial charge in [-0.15, -0.1) is 0 Å². The summed E-state index contributed by atoms with van der Waals surface area (Å²) in [7, 11) is 0. The highest BCUT2D eigenvalue weighted by Crippen LogP contribution is 2.33. The maximum Gasteiger partial charge on any atom is 0.320 e. The summed E-state index contributed by atoms with van der Waals surface area (Å²) in [6, 6.07) is 0.585. The van der Waals surface area contributed by atoms with Crippen LogP contribution in [0.1, 0.15) is 29.6 Å². The van der Waals surface area contributed by atoms with Crippen molar-refractivity contribution < 1.29 is 14.8 Å². The molecule has 1 aromatic rings. The van der Waals surface area contributed by atoms with Crippen LogP contribution in [0.2, 0.25) is 0 Å². The quantitative estimate of drug-likeness (QED) is 0.587. The molecule has 0 aliphatic carbocycles. The Balaban J connectivity index is 1.42. The van der Waals surface area contributed by atoms with E-state index in [0.29, 0.717) is 12.5 Å². The Hall–Kier alpha value is -2.42. The van der Waals surface area contributed by atoms with Gasteiger partial charge in [-0.3, -0.25) is 10.0 Å². The molecule has 2 bridgehead atoms. The number of piperazine rings is 1. The predicted molar refractivity (Wildman–Crippen MR) is 83.7 cm³/mol. The first-order valence-corrected chi connectivity index (χ1v) is 8.26. The first-order chi connectivity index (χ1) is 11.7. The molecule has 9 heteroatoms. The highest BCUT2D eigenvalue weighted by atomic mass is 16.5. The maximum atomic E-state index is 12.6. The SMILES string of the molecule is O=C(NO)c1cnc(N2C[C@@H]3C[C@H]2CN3C(=O)N2CCCC2)nc1. The van der Waals surface area contributed by atoms with Gasteiger partial charge in [0.1, 0.15) is 0 Å². The van der Waals surface area contributed by atoms with Gasteiger partial charge in [-0.2, -0.15) is 0 Å². The molecular formula is C15H20N6O3. The van der Waals surface area contributed by atoms with Gasteiger partial charge in [-0.05, 0) is 19.3 Å². The minimum Gasteiger partial charge on any atom is -0.334 e. The lowest BCUT2D eigenvalue weighted by Gasteiger charge is -2.36.